The van der Waals surface area contributed by atoms with Crippen LogP contribution in [0.1, 0.15) is 43.6 Å². The summed E-state index contributed by atoms with van der Waals surface area (Å²) in [5.41, 5.74) is 1.89. The van der Waals surface area contributed by atoms with Crippen LogP contribution in [0.15, 0.2) is 40.9 Å². The zero-order chi connectivity index (χ0) is 17.1. The predicted octanol–water partition coefficient (Wildman–Crippen LogP) is 6.75. The Morgan fingerprint density at radius 2 is 1.88 bits per heavy atom. The van der Waals surface area contributed by atoms with E-state index in [0.29, 0.717) is 10.0 Å². The third-order valence-corrected chi connectivity index (χ3v) is 6.24. The second kappa shape index (κ2) is 5.91. The van der Waals surface area contributed by atoms with Gasteiger partial charge in [0.05, 0.1) is 22.3 Å². The van der Waals surface area contributed by atoms with Crippen molar-refractivity contribution in [1.82, 2.24) is 0 Å². The van der Waals surface area contributed by atoms with Gasteiger partial charge in [-0.3, -0.25) is 0 Å². The van der Waals surface area contributed by atoms with Gasteiger partial charge in [0.1, 0.15) is 11.4 Å². The number of benzene rings is 2. The van der Waals surface area contributed by atoms with Gasteiger partial charge in [-0.05, 0) is 56.2 Å². The van der Waals surface area contributed by atoms with Gasteiger partial charge in [-0.15, -0.1) is 0 Å². The van der Waals surface area contributed by atoms with E-state index in [0.717, 1.165) is 27.8 Å². The van der Waals surface area contributed by atoms with Crippen molar-refractivity contribution >= 4 is 39.1 Å². The minimum absolute atomic E-state index is 0.0115. The lowest BCUT2D eigenvalue weighted by molar-refractivity contribution is -0.0422. The Morgan fingerprint density at radius 3 is 2.62 bits per heavy atom. The maximum absolute atomic E-state index is 6.46. The minimum atomic E-state index is -0.281. The number of ether oxygens (including phenoxy) is 2. The van der Waals surface area contributed by atoms with Gasteiger partial charge < -0.3 is 9.47 Å². The predicted molar refractivity (Wildman–Crippen MR) is 100.0 cm³/mol. The molecule has 126 valence electrons. The second-order valence-corrected chi connectivity index (χ2v) is 8.68. The van der Waals surface area contributed by atoms with Crippen molar-refractivity contribution in [2.45, 2.75) is 38.1 Å². The minimum Gasteiger partial charge on any atom is -0.487 e. The van der Waals surface area contributed by atoms with E-state index in [1.165, 1.54) is 0 Å². The molecule has 0 aromatic heterocycles. The number of fused-ring (bicyclic) bond motifs is 3. The Morgan fingerprint density at radius 1 is 1.08 bits per heavy atom. The van der Waals surface area contributed by atoms with Crippen LogP contribution in [-0.2, 0) is 4.74 Å². The molecule has 2 aliphatic heterocycles. The summed E-state index contributed by atoms with van der Waals surface area (Å²) in [6.07, 6.45) is 0.893. The van der Waals surface area contributed by atoms with Gasteiger partial charge in [0.25, 0.3) is 0 Å². The smallest absolute Gasteiger partial charge is 0.126 e. The first kappa shape index (κ1) is 16.7. The highest BCUT2D eigenvalue weighted by Crippen LogP contribution is 2.56. The standard InChI is InChI=1S/C19H17BrCl2O2/c1-19(2)13-9-17(10-3-5-14(21)15(22)7-10)23-18(13)12-8-11(20)4-6-16(12)24-19/h3-8,13,17-18H,9H2,1-2H3/t13-,17+,18+/m0/s1. The van der Waals surface area contributed by atoms with Crippen LogP contribution in [0.2, 0.25) is 10.0 Å². The Bertz CT molecular complexity index is 806. The zero-order valence-electron chi connectivity index (χ0n) is 13.4. The second-order valence-electron chi connectivity index (χ2n) is 6.95. The van der Waals surface area contributed by atoms with Gasteiger partial charge in [-0.25, -0.2) is 0 Å². The fourth-order valence-electron chi connectivity index (χ4n) is 3.74. The average Bonchev–Trinajstić information content (AvgIpc) is 2.97. The Labute approximate surface area is 160 Å². The molecule has 3 atom stereocenters. The molecule has 0 aliphatic carbocycles. The van der Waals surface area contributed by atoms with Crippen LogP contribution in [0.5, 0.6) is 5.75 Å². The normalized spacial score (nSPS) is 27.3. The largest absolute Gasteiger partial charge is 0.487 e. The lowest BCUT2D eigenvalue weighted by atomic mass is 9.78. The Balaban J connectivity index is 1.72. The first-order valence-corrected chi connectivity index (χ1v) is 9.49. The molecule has 24 heavy (non-hydrogen) atoms. The molecule has 1 fully saturated rings. The van der Waals surface area contributed by atoms with Gasteiger partial charge in [-0.2, -0.15) is 0 Å². The van der Waals surface area contributed by atoms with E-state index in [-0.39, 0.29) is 23.7 Å². The third-order valence-electron chi connectivity index (χ3n) is 5.00. The lowest BCUT2D eigenvalue weighted by Crippen LogP contribution is -2.42. The monoisotopic (exact) mass is 426 g/mol. The Kier molecular flexibility index (Phi) is 4.12. The maximum Gasteiger partial charge on any atom is 0.126 e. The molecule has 2 aromatic rings. The molecule has 0 N–H and O–H groups in total. The number of halogens is 3. The van der Waals surface area contributed by atoms with Gasteiger partial charge >= 0.3 is 0 Å². The van der Waals surface area contributed by atoms with E-state index in [1.54, 1.807) is 0 Å². The molecule has 2 aromatic carbocycles. The van der Waals surface area contributed by atoms with Gasteiger partial charge in [0, 0.05) is 16.0 Å². The van der Waals surface area contributed by atoms with Crippen LogP contribution in [0.4, 0.5) is 0 Å². The molecule has 0 spiro atoms. The van der Waals surface area contributed by atoms with E-state index in [1.807, 2.05) is 30.3 Å². The molecule has 0 amide bonds. The quantitative estimate of drug-likeness (QED) is 0.501. The summed E-state index contributed by atoms with van der Waals surface area (Å²) in [5.74, 6) is 1.18. The van der Waals surface area contributed by atoms with E-state index in [4.69, 9.17) is 32.7 Å². The molecule has 0 radical (unpaired) electrons. The molecule has 2 nitrogen and oxygen atoms in total. The first-order chi connectivity index (χ1) is 11.3. The van der Waals surface area contributed by atoms with Gasteiger partial charge in [0.2, 0.25) is 0 Å². The van der Waals surface area contributed by atoms with Crippen molar-refractivity contribution < 1.29 is 9.47 Å². The summed E-state index contributed by atoms with van der Waals surface area (Å²) < 4.78 is 13.8. The molecule has 2 aliphatic rings. The van der Waals surface area contributed by atoms with Crippen molar-refractivity contribution in [1.29, 1.82) is 0 Å². The van der Waals surface area contributed by atoms with Crippen molar-refractivity contribution in [2.24, 2.45) is 5.92 Å². The topological polar surface area (TPSA) is 18.5 Å². The fraction of sp³-hybridized carbons (Fsp3) is 0.368. The van der Waals surface area contributed by atoms with Crippen molar-refractivity contribution in [3.05, 3.63) is 62.0 Å². The Hall–Kier alpha value is -0.740. The highest BCUT2D eigenvalue weighted by molar-refractivity contribution is 9.10. The summed E-state index contributed by atoms with van der Waals surface area (Å²) in [4.78, 5) is 0. The summed E-state index contributed by atoms with van der Waals surface area (Å²) in [7, 11) is 0. The highest BCUT2D eigenvalue weighted by Gasteiger charge is 2.50. The summed E-state index contributed by atoms with van der Waals surface area (Å²) >= 11 is 15.8. The summed E-state index contributed by atoms with van der Waals surface area (Å²) in [6.45, 7) is 4.27. The van der Waals surface area contributed by atoms with Crippen molar-refractivity contribution in [3.8, 4) is 5.75 Å². The van der Waals surface area contributed by atoms with Crippen LogP contribution in [-0.4, -0.2) is 5.60 Å². The molecule has 0 unspecified atom stereocenters. The molecule has 5 heteroatoms. The van der Waals surface area contributed by atoms with Crippen LogP contribution in [0, 0.1) is 5.92 Å². The summed E-state index contributed by atoms with van der Waals surface area (Å²) in [6, 6.07) is 11.8. The molecule has 4 rings (SSSR count). The van der Waals surface area contributed by atoms with Crippen LogP contribution in [0.3, 0.4) is 0 Å². The molecular formula is C19H17BrCl2O2. The summed E-state index contributed by atoms with van der Waals surface area (Å²) in [5, 5.41) is 1.13. The van der Waals surface area contributed by atoms with Crippen LogP contribution in [0.25, 0.3) is 0 Å². The van der Waals surface area contributed by atoms with E-state index >= 15 is 0 Å². The van der Waals surface area contributed by atoms with E-state index < -0.39 is 0 Å². The number of hydrogen-bond donors (Lipinski definition) is 0. The molecular weight excluding hydrogens is 411 g/mol. The van der Waals surface area contributed by atoms with E-state index in [2.05, 4.69) is 35.8 Å². The molecule has 1 saturated heterocycles. The fourth-order valence-corrected chi connectivity index (χ4v) is 4.43. The molecule has 2 heterocycles. The van der Waals surface area contributed by atoms with Crippen LogP contribution < -0.4 is 4.74 Å². The number of rotatable bonds is 1. The van der Waals surface area contributed by atoms with Gasteiger partial charge in [-0.1, -0.05) is 45.2 Å². The molecule has 0 saturated carbocycles. The van der Waals surface area contributed by atoms with Crippen LogP contribution >= 0.6 is 39.1 Å². The lowest BCUT2D eigenvalue weighted by Gasteiger charge is -2.41. The number of hydrogen-bond acceptors (Lipinski definition) is 2. The first-order valence-electron chi connectivity index (χ1n) is 7.94. The van der Waals surface area contributed by atoms with Crippen molar-refractivity contribution in [2.75, 3.05) is 0 Å². The SMILES string of the molecule is CC1(C)Oc2ccc(Br)cc2[C@H]2O[C@@H](c3ccc(Cl)c(Cl)c3)C[C@@H]21. The average molecular weight is 428 g/mol. The highest BCUT2D eigenvalue weighted by atomic mass is 79.9. The van der Waals surface area contributed by atoms with E-state index in [9.17, 15) is 0 Å². The maximum atomic E-state index is 6.46. The third kappa shape index (κ3) is 2.76. The molecule has 0 bridgehead atoms. The zero-order valence-corrected chi connectivity index (χ0v) is 16.5. The van der Waals surface area contributed by atoms with Gasteiger partial charge in [0.15, 0.2) is 0 Å². The van der Waals surface area contributed by atoms with Crippen molar-refractivity contribution in [3.63, 3.8) is 0 Å².